The van der Waals surface area contributed by atoms with Crippen molar-refractivity contribution in [2.75, 3.05) is 26.3 Å². The van der Waals surface area contributed by atoms with Gasteiger partial charge < -0.3 is 9.47 Å². The monoisotopic (exact) mass is 361 g/mol. The maximum Gasteiger partial charge on any atom is 0.176 e. The van der Waals surface area contributed by atoms with Crippen LogP contribution in [0, 0.1) is 5.41 Å². The SMILES string of the molecule is c1ccc(CN2CC[C@@]3(C[C@@H]4CC5(OCCO5)[C@@H]3c3ccccc34)C2)cc1. The molecule has 0 aromatic heterocycles. The summed E-state index contributed by atoms with van der Waals surface area (Å²) in [6, 6.07) is 20.0. The van der Waals surface area contributed by atoms with Gasteiger partial charge in [0, 0.05) is 25.4 Å². The summed E-state index contributed by atoms with van der Waals surface area (Å²) >= 11 is 0. The molecule has 2 bridgehead atoms. The van der Waals surface area contributed by atoms with Gasteiger partial charge in [-0.15, -0.1) is 0 Å². The van der Waals surface area contributed by atoms with Crippen molar-refractivity contribution in [2.45, 2.75) is 43.4 Å². The normalized spacial score (nSPS) is 33.8. The van der Waals surface area contributed by atoms with Crippen molar-refractivity contribution in [1.82, 2.24) is 4.90 Å². The van der Waals surface area contributed by atoms with E-state index < -0.39 is 0 Å². The van der Waals surface area contributed by atoms with Crippen molar-refractivity contribution in [3.05, 3.63) is 71.3 Å². The smallest absolute Gasteiger partial charge is 0.176 e. The Kier molecular flexibility index (Phi) is 3.56. The van der Waals surface area contributed by atoms with E-state index in [2.05, 4.69) is 59.5 Å². The Morgan fingerprint density at radius 1 is 0.889 bits per heavy atom. The van der Waals surface area contributed by atoms with Gasteiger partial charge in [-0.3, -0.25) is 4.90 Å². The molecule has 2 aromatic carbocycles. The standard InChI is InChI=1S/C24H27NO2/c1-2-6-18(7-3-1)16-25-11-10-23(17-25)14-19-15-24(26-12-13-27-24)22(23)21-9-5-4-8-20(19)21/h1-9,19,22H,10-17H2/t19-,22-,23-/m1/s1. The molecule has 3 aliphatic carbocycles. The van der Waals surface area contributed by atoms with Crippen molar-refractivity contribution in [1.29, 1.82) is 0 Å². The summed E-state index contributed by atoms with van der Waals surface area (Å²) in [6.07, 6.45) is 3.58. The molecule has 0 unspecified atom stereocenters. The van der Waals surface area contributed by atoms with Crippen LogP contribution >= 0.6 is 0 Å². The van der Waals surface area contributed by atoms with Crippen LogP contribution < -0.4 is 0 Å². The number of benzene rings is 2. The van der Waals surface area contributed by atoms with Gasteiger partial charge in [0.15, 0.2) is 5.79 Å². The van der Waals surface area contributed by atoms with Gasteiger partial charge in [0.05, 0.1) is 13.2 Å². The van der Waals surface area contributed by atoms with Crippen LogP contribution in [0.2, 0.25) is 0 Å². The highest BCUT2D eigenvalue weighted by molar-refractivity contribution is 5.44. The van der Waals surface area contributed by atoms with Crippen LogP contribution in [0.15, 0.2) is 54.6 Å². The van der Waals surface area contributed by atoms with E-state index in [0.29, 0.717) is 11.8 Å². The van der Waals surface area contributed by atoms with Crippen LogP contribution in [0.5, 0.6) is 0 Å². The topological polar surface area (TPSA) is 21.7 Å². The minimum absolute atomic E-state index is 0.288. The first-order valence-corrected chi connectivity index (χ1v) is 10.4. The molecule has 0 amide bonds. The molecule has 2 saturated heterocycles. The molecule has 2 aliphatic heterocycles. The molecule has 3 nitrogen and oxygen atoms in total. The van der Waals surface area contributed by atoms with Gasteiger partial charge in [-0.25, -0.2) is 0 Å². The molecule has 27 heavy (non-hydrogen) atoms. The number of hydrogen-bond acceptors (Lipinski definition) is 3. The van der Waals surface area contributed by atoms with Crippen LogP contribution in [-0.4, -0.2) is 37.0 Å². The number of ether oxygens (including phenoxy) is 2. The first-order valence-electron chi connectivity index (χ1n) is 10.4. The lowest BCUT2D eigenvalue weighted by atomic mass is 9.51. The summed E-state index contributed by atoms with van der Waals surface area (Å²) in [5.74, 6) is 0.565. The third-order valence-corrected chi connectivity index (χ3v) is 7.47. The Balaban J connectivity index is 1.36. The highest BCUT2D eigenvalue weighted by Crippen LogP contribution is 2.67. The van der Waals surface area contributed by atoms with E-state index in [9.17, 15) is 0 Å². The average molecular weight is 361 g/mol. The number of likely N-dealkylation sites (tertiary alicyclic amines) is 1. The van der Waals surface area contributed by atoms with Crippen molar-refractivity contribution in [3.63, 3.8) is 0 Å². The van der Waals surface area contributed by atoms with Crippen molar-refractivity contribution in [3.8, 4) is 0 Å². The maximum atomic E-state index is 6.37. The van der Waals surface area contributed by atoms with E-state index in [0.717, 1.165) is 32.7 Å². The first kappa shape index (κ1) is 16.3. The molecule has 2 heterocycles. The predicted molar refractivity (Wildman–Crippen MR) is 105 cm³/mol. The largest absolute Gasteiger partial charge is 0.347 e. The van der Waals surface area contributed by atoms with Crippen LogP contribution in [0.25, 0.3) is 0 Å². The molecule has 5 aliphatic rings. The minimum atomic E-state index is -0.375. The van der Waals surface area contributed by atoms with E-state index in [1.165, 1.54) is 30.5 Å². The molecule has 2 aromatic rings. The summed E-state index contributed by atoms with van der Waals surface area (Å²) in [5, 5.41) is 0. The first-order chi connectivity index (χ1) is 13.3. The van der Waals surface area contributed by atoms with Crippen LogP contribution in [0.3, 0.4) is 0 Å². The second kappa shape index (κ2) is 5.91. The molecule has 0 radical (unpaired) electrons. The van der Waals surface area contributed by atoms with E-state index in [1.807, 2.05) is 0 Å². The maximum absolute atomic E-state index is 6.37. The van der Waals surface area contributed by atoms with Crippen LogP contribution in [0.4, 0.5) is 0 Å². The molecule has 3 heteroatoms. The Labute approximate surface area is 161 Å². The second-order valence-electron chi connectivity index (χ2n) is 8.98. The quantitative estimate of drug-likeness (QED) is 0.796. The Morgan fingerprint density at radius 2 is 1.63 bits per heavy atom. The fraction of sp³-hybridized carbons (Fsp3) is 0.500. The molecule has 140 valence electrons. The van der Waals surface area contributed by atoms with Gasteiger partial charge >= 0.3 is 0 Å². The second-order valence-corrected chi connectivity index (χ2v) is 8.98. The molecule has 1 saturated carbocycles. The Morgan fingerprint density at radius 3 is 2.44 bits per heavy atom. The Bertz CT molecular complexity index is 844. The summed E-state index contributed by atoms with van der Waals surface area (Å²) in [5.41, 5.74) is 4.76. The lowest BCUT2D eigenvalue weighted by Gasteiger charge is -2.58. The number of hydrogen-bond donors (Lipinski definition) is 0. The lowest BCUT2D eigenvalue weighted by molar-refractivity contribution is -0.228. The summed E-state index contributed by atoms with van der Waals surface area (Å²) in [4.78, 5) is 2.65. The minimum Gasteiger partial charge on any atom is -0.347 e. The molecule has 7 rings (SSSR count). The molecule has 3 fully saturated rings. The summed E-state index contributed by atoms with van der Waals surface area (Å²) < 4.78 is 12.7. The summed E-state index contributed by atoms with van der Waals surface area (Å²) in [6.45, 7) is 4.88. The van der Waals surface area contributed by atoms with E-state index in [1.54, 1.807) is 5.56 Å². The van der Waals surface area contributed by atoms with Gasteiger partial charge in [0.2, 0.25) is 0 Å². The Hall–Kier alpha value is -1.68. The zero-order valence-corrected chi connectivity index (χ0v) is 15.8. The van der Waals surface area contributed by atoms with Crippen LogP contribution in [-0.2, 0) is 16.0 Å². The molecule has 0 N–H and O–H groups in total. The summed E-state index contributed by atoms with van der Waals surface area (Å²) in [7, 11) is 0. The van der Waals surface area contributed by atoms with E-state index in [-0.39, 0.29) is 11.2 Å². The molecule has 3 atom stereocenters. The molecule has 2 spiro atoms. The fourth-order valence-corrected chi connectivity index (χ4v) is 6.66. The predicted octanol–water partition coefficient (Wildman–Crippen LogP) is 4.30. The van der Waals surface area contributed by atoms with Gasteiger partial charge in [0.25, 0.3) is 0 Å². The van der Waals surface area contributed by atoms with Crippen molar-refractivity contribution < 1.29 is 9.47 Å². The highest BCUT2D eigenvalue weighted by Gasteiger charge is 2.65. The third kappa shape index (κ3) is 2.38. The van der Waals surface area contributed by atoms with Gasteiger partial charge in [-0.2, -0.15) is 0 Å². The zero-order valence-electron chi connectivity index (χ0n) is 15.8. The number of rotatable bonds is 2. The third-order valence-electron chi connectivity index (χ3n) is 7.47. The zero-order chi connectivity index (χ0) is 17.9. The van der Waals surface area contributed by atoms with Crippen molar-refractivity contribution >= 4 is 0 Å². The highest BCUT2D eigenvalue weighted by atomic mass is 16.7. The van der Waals surface area contributed by atoms with Gasteiger partial charge in [0.1, 0.15) is 0 Å². The van der Waals surface area contributed by atoms with Crippen molar-refractivity contribution in [2.24, 2.45) is 5.41 Å². The van der Waals surface area contributed by atoms with Gasteiger partial charge in [-0.05, 0) is 47.4 Å². The lowest BCUT2D eigenvalue weighted by Crippen LogP contribution is -2.56. The molecular weight excluding hydrogens is 334 g/mol. The van der Waals surface area contributed by atoms with Crippen LogP contribution in [0.1, 0.15) is 47.8 Å². The molecular formula is C24H27NO2. The van der Waals surface area contributed by atoms with E-state index in [4.69, 9.17) is 9.47 Å². The fourth-order valence-electron chi connectivity index (χ4n) is 6.66. The number of nitrogens with zero attached hydrogens (tertiary/aromatic N) is 1. The average Bonchev–Trinajstić information content (AvgIpc) is 3.30. The van der Waals surface area contributed by atoms with Gasteiger partial charge in [-0.1, -0.05) is 54.6 Å². The van der Waals surface area contributed by atoms with E-state index >= 15 is 0 Å².